The SMILES string of the molecule is O=C(CN1C(=O)/C(=C\c2ccccc2Cl)Sc2ccccc21)N1CCCC1. The predicted octanol–water partition coefficient (Wildman–Crippen LogP) is 4.44. The highest BCUT2D eigenvalue weighted by Gasteiger charge is 2.32. The third-order valence-corrected chi connectivity index (χ3v) is 6.20. The maximum Gasteiger partial charge on any atom is 0.265 e. The smallest absolute Gasteiger partial charge is 0.265 e. The Morgan fingerprint density at radius 1 is 1.07 bits per heavy atom. The average Bonchev–Trinajstić information content (AvgIpc) is 3.21. The molecule has 0 saturated carbocycles. The maximum atomic E-state index is 13.2. The molecule has 2 aromatic carbocycles. The first-order valence-corrected chi connectivity index (χ1v) is 10.2. The van der Waals surface area contributed by atoms with Crippen molar-refractivity contribution in [1.29, 1.82) is 0 Å². The summed E-state index contributed by atoms with van der Waals surface area (Å²) in [6.45, 7) is 1.62. The monoisotopic (exact) mass is 398 g/mol. The van der Waals surface area contributed by atoms with E-state index in [1.54, 1.807) is 17.0 Å². The summed E-state index contributed by atoms with van der Waals surface area (Å²) < 4.78 is 0. The summed E-state index contributed by atoms with van der Waals surface area (Å²) in [5, 5.41) is 0.594. The standard InChI is InChI=1S/C21H19ClN2O2S/c22-16-8-2-1-7-15(16)13-19-21(26)24(14-20(25)23-11-5-6-12-23)17-9-3-4-10-18(17)27-19/h1-4,7-10,13H,5-6,11-12,14H2/b19-13+. The van der Waals surface area contributed by atoms with Crippen LogP contribution in [0.3, 0.4) is 0 Å². The molecule has 0 bridgehead atoms. The van der Waals surface area contributed by atoms with E-state index in [1.807, 2.05) is 47.4 Å². The van der Waals surface area contributed by atoms with Crippen LogP contribution in [0.5, 0.6) is 0 Å². The first kappa shape index (κ1) is 18.1. The topological polar surface area (TPSA) is 40.6 Å². The van der Waals surface area contributed by atoms with E-state index in [0.29, 0.717) is 9.93 Å². The fraction of sp³-hybridized carbons (Fsp3) is 0.238. The summed E-state index contributed by atoms with van der Waals surface area (Å²) in [6.07, 6.45) is 3.87. The number of amides is 2. The zero-order valence-corrected chi connectivity index (χ0v) is 16.3. The van der Waals surface area contributed by atoms with E-state index in [1.165, 1.54) is 11.8 Å². The second kappa shape index (κ2) is 7.79. The molecule has 2 aliphatic rings. The molecule has 6 heteroatoms. The molecule has 0 aliphatic carbocycles. The molecule has 2 aliphatic heterocycles. The molecular formula is C21H19ClN2O2S. The lowest BCUT2D eigenvalue weighted by atomic mass is 10.2. The lowest BCUT2D eigenvalue weighted by Crippen LogP contribution is -2.43. The van der Waals surface area contributed by atoms with Gasteiger partial charge in [-0.25, -0.2) is 0 Å². The van der Waals surface area contributed by atoms with Gasteiger partial charge in [0, 0.05) is 23.0 Å². The molecule has 2 heterocycles. The number of para-hydroxylation sites is 1. The summed E-state index contributed by atoms with van der Waals surface area (Å²) in [5.41, 5.74) is 1.58. The zero-order chi connectivity index (χ0) is 18.8. The zero-order valence-electron chi connectivity index (χ0n) is 14.7. The molecule has 0 unspecified atom stereocenters. The molecule has 1 saturated heterocycles. The highest BCUT2D eigenvalue weighted by Crippen LogP contribution is 2.42. The van der Waals surface area contributed by atoms with Gasteiger partial charge in [-0.3, -0.25) is 14.5 Å². The summed E-state index contributed by atoms with van der Waals surface area (Å²) >= 11 is 7.68. The molecule has 1 fully saturated rings. The summed E-state index contributed by atoms with van der Waals surface area (Å²) in [4.78, 5) is 30.8. The quantitative estimate of drug-likeness (QED) is 0.717. The number of halogens is 1. The lowest BCUT2D eigenvalue weighted by molar-refractivity contribution is -0.130. The van der Waals surface area contributed by atoms with Crippen LogP contribution in [0.2, 0.25) is 5.02 Å². The number of benzene rings is 2. The van der Waals surface area contributed by atoms with Crippen LogP contribution in [0.25, 0.3) is 6.08 Å². The minimum atomic E-state index is -0.161. The number of carbonyl (C=O) groups is 2. The van der Waals surface area contributed by atoms with Gasteiger partial charge in [0.05, 0.1) is 10.6 Å². The normalized spacial score (nSPS) is 18.1. The third-order valence-electron chi connectivity index (χ3n) is 4.78. The molecule has 4 nitrogen and oxygen atoms in total. The number of fused-ring (bicyclic) bond motifs is 1. The molecule has 2 aromatic rings. The Labute approximate surface area is 167 Å². The maximum absolute atomic E-state index is 13.2. The summed E-state index contributed by atoms with van der Waals surface area (Å²) in [5.74, 6) is -0.161. The van der Waals surface area contributed by atoms with Crippen LogP contribution >= 0.6 is 23.4 Å². The molecule has 0 atom stereocenters. The van der Waals surface area contributed by atoms with Gasteiger partial charge < -0.3 is 4.90 Å². The minimum Gasteiger partial charge on any atom is -0.341 e. The minimum absolute atomic E-state index is 0.000327. The molecule has 2 amide bonds. The number of likely N-dealkylation sites (tertiary alicyclic amines) is 1. The van der Waals surface area contributed by atoms with Gasteiger partial charge in [-0.1, -0.05) is 53.7 Å². The first-order chi connectivity index (χ1) is 13.1. The molecular weight excluding hydrogens is 380 g/mol. The van der Waals surface area contributed by atoms with Crippen molar-refractivity contribution in [2.45, 2.75) is 17.7 Å². The number of rotatable bonds is 3. The van der Waals surface area contributed by atoms with Crippen LogP contribution < -0.4 is 4.90 Å². The summed E-state index contributed by atoms with van der Waals surface area (Å²) in [7, 11) is 0. The Hall–Kier alpha value is -2.24. The fourth-order valence-electron chi connectivity index (χ4n) is 3.35. The Morgan fingerprint density at radius 3 is 2.56 bits per heavy atom. The van der Waals surface area contributed by atoms with Crippen molar-refractivity contribution in [1.82, 2.24) is 4.90 Å². The van der Waals surface area contributed by atoms with E-state index in [-0.39, 0.29) is 18.4 Å². The second-order valence-electron chi connectivity index (χ2n) is 6.58. The molecule has 27 heavy (non-hydrogen) atoms. The number of hydrogen-bond acceptors (Lipinski definition) is 3. The van der Waals surface area contributed by atoms with Crippen molar-refractivity contribution in [3.8, 4) is 0 Å². The van der Waals surface area contributed by atoms with E-state index in [4.69, 9.17) is 11.6 Å². The number of carbonyl (C=O) groups excluding carboxylic acids is 2. The van der Waals surface area contributed by atoms with Gasteiger partial charge in [-0.2, -0.15) is 0 Å². The largest absolute Gasteiger partial charge is 0.341 e. The Balaban J connectivity index is 1.68. The van der Waals surface area contributed by atoms with Crippen LogP contribution in [0.1, 0.15) is 18.4 Å². The van der Waals surface area contributed by atoms with Crippen LogP contribution in [0, 0.1) is 0 Å². The van der Waals surface area contributed by atoms with Gasteiger partial charge in [-0.15, -0.1) is 0 Å². The predicted molar refractivity (Wildman–Crippen MR) is 110 cm³/mol. The summed E-state index contributed by atoms with van der Waals surface area (Å²) in [6, 6.07) is 15.1. The third kappa shape index (κ3) is 3.75. The molecule has 0 aromatic heterocycles. The van der Waals surface area contributed by atoms with Gasteiger partial charge >= 0.3 is 0 Å². The molecule has 0 N–H and O–H groups in total. The van der Waals surface area contributed by atoms with E-state index in [0.717, 1.165) is 42.1 Å². The van der Waals surface area contributed by atoms with Gasteiger partial charge in [-0.05, 0) is 42.7 Å². The Bertz CT molecular complexity index is 922. The van der Waals surface area contributed by atoms with Crippen molar-refractivity contribution in [3.05, 3.63) is 64.0 Å². The molecule has 4 rings (SSSR count). The van der Waals surface area contributed by atoms with Crippen LogP contribution in [0.4, 0.5) is 5.69 Å². The van der Waals surface area contributed by atoms with Crippen LogP contribution in [-0.2, 0) is 9.59 Å². The van der Waals surface area contributed by atoms with Gasteiger partial charge in [0.15, 0.2) is 0 Å². The van der Waals surface area contributed by atoms with Gasteiger partial charge in [0.1, 0.15) is 6.54 Å². The van der Waals surface area contributed by atoms with Gasteiger partial charge in [0.2, 0.25) is 5.91 Å². The molecule has 0 spiro atoms. The number of hydrogen-bond donors (Lipinski definition) is 0. The van der Waals surface area contributed by atoms with E-state index in [2.05, 4.69) is 0 Å². The lowest BCUT2D eigenvalue weighted by Gasteiger charge is -2.31. The fourth-order valence-corrected chi connectivity index (χ4v) is 4.59. The van der Waals surface area contributed by atoms with Crippen molar-refractivity contribution in [3.63, 3.8) is 0 Å². The highest BCUT2D eigenvalue weighted by atomic mass is 35.5. The van der Waals surface area contributed by atoms with E-state index < -0.39 is 0 Å². The number of nitrogens with zero attached hydrogens (tertiary/aromatic N) is 2. The Morgan fingerprint density at radius 2 is 1.78 bits per heavy atom. The highest BCUT2D eigenvalue weighted by molar-refractivity contribution is 8.04. The van der Waals surface area contributed by atoms with Crippen molar-refractivity contribution < 1.29 is 9.59 Å². The van der Waals surface area contributed by atoms with E-state index in [9.17, 15) is 9.59 Å². The van der Waals surface area contributed by atoms with Crippen LogP contribution in [0.15, 0.2) is 58.3 Å². The number of thioether (sulfide) groups is 1. The average molecular weight is 399 g/mol. The van der Waals surface area contributed by atoms with Crippen LogP contribution in [-0.4, -0.2) is 36.3 Å². The Kier molecular flexibility index (Phi) is 5.23. The second-order valence-corrected chi connectivity index (χ2v) is 8.07. The van der Waals surface area contributed by atoms with Gasteiger partial charge in [0.25, 0.3) is 5.91 Å². The molecule has 138 valence electrons. The van der Waals surface area contributed by atoms with Crippen molar-refractivity contribution in [2.24, 2.45) is 0 Å². The van der Waals surface area contributed by atoms with Crippen molar-refractivity contribution >= 4 is 46.9 Å². The van der Waals surface area contributed by atoms with Crippen molar-refractivity contribution in [2.75, 3.05) is 24.5 Å². The molecule has 0 radical (unpaired) electrons. The van der Waals surface area contributed by atoms with E-state index >= 15 is 0 Å². The number of anilines is 1. The first-order valence-electron chi connectivity index (χ1n) is 8.96.